The van der Waals surface area contributed by atoms with E-state index in [2.05, 4.69) is 0 Å². The van der Waals surface area contributed by atoms with Gasteiger partial charge in [-0.2, -0.15) is 82.3 Å². The molecular weight excluding hydrogens is 1950 g/mol. The fourth-order valence-electron chi connectivity index (χ4n) is 14.7. The van der Waals surface area contributed by atoms with E-state index in [1.807, 2.05) is 0 Å². The number of carbonyl (C=O) groups is 7. The van der Waals surface area contributed by atoms with Crippen LogP contribution in [-0.4, -0.2) is 451 Å². The van der Waals surface area contributed by atoms with Crippen LogP contribution in [0.1, 0.15) is 44.9 Å². The predicted octanol–water partition coefficient (Wildman–Crippen LogP) is -38.2. The van der Waals surface area contributed by atoms with E-state index in [9.17, 15) is 146 Å². The Morgan fingerprint density at radius 1 is 0.202 bits per heavy atom. The first-order valence-electron chi connectivity index (χ1n) is 38.7. The van der Waals surface area contributed by atoms with E-state index < -0.39 is 356 Å². The standard InChI is InChI=1S/C69H106O46S7.7Na/c70-31(71)1-8-116-16-24-53-38(84)45(91)62(101-24)109-54-25(17-117-9-2-32(72)73)103-64(47(93)40(54)86)111-56-27(19-119-11-4-34(76)77)105-66(49(95)42(56)88)113-58-29(21-121-13-6-36(80)81)107-68(51(97)44(58)90)115-60-23-15-99-61(60)52(98)69(100-23)114-59-30(22-122-14-7-37(82)83)106-67(50(96)43(59)89)112-57-28(20-120-12-5-35(78)79)104-65(48(94)41(57)87)110-55-26(18-118-10-3-33(74)75)102-63(108-53)46(92)39(55)85;;;;;;;/h23-30,38-69,84-98H,1-22H2,(H,70,71)(H,72,73)(H,74,75)(H,76,77)(H,78,79)(H,80,81)(H,82,83);;;;;;;/q;7*+1/p-7/t23-,24-,25-,26-,27-,28-,29-,30-,38-,39-,40-,41-,42-,43-,44-,45-,46-,47-,48-,49-,50-,51-,52-,53-,54-,55-,56-,57-,58-,59-,60-,61-,62-,63-,64-,65-,66-,67-,68-,69-;;;;;;;/m1......./s1. The number of carboxylic acid groups (broad SMARTS) is 7. The third-order valence-corrected chi connectivity index (χ3v) is 28.4. The molecule has 0 aromatic heterocycles. The van der Waals surface area contributed by atoms with Gasteiger partial charge in [-0.05, 0) is 85.2 Å². The SMILES string of the molecule is O=C([O-])CCSC[C@H]1O[C@@H]2O[C@H]3[C@H](O)[C@@H](O)[C@@H](O[C@H]4[C@H](O)[C@@H](O)[C@@H](O[C@H]5[C@H](O)[C@@H](O)[C@@H](O[C@H]6[C@@H]7OC[C@H]6O[C@H](O[C@H]6[C@H](O)[C@@H](O)[C@@H](O[C@H]8[C@H](O)[C@@H](O)[C@@H](O[C@H]9[C@H](O)[C@@H](O)[C@@H](O[C@H]1[C@H](O)[C@H]2O)O[C@@H]9CSCCC(=O)[O-])O[C@@H]8CSCCC(=O)[O-])O[C@@H]6CSCCC(=O)[O-])[C@@H]7O)O[C@@H]5CSCCC(=O)[O-])O[C@@H]4CSCCC(=O)[O-])O[C@@H]3CSCCC(=O)[O-].[Na+].[Na+].[Na+].[Na+].[Na+].[Na+].[Na+]. The van der Waals surface area contributed by atoms with Gasteiger partial charge in [0.15, 0.2) is 50.3 Å². The van der Waals surface area contributed by atoms with Crippen LogP contribution in [0.3, 0.4) is 0 Å². The number of rotatable bonds is 35. The van der Waals surface area contributed by atoms with Crippen molar-refractivity contribution in [1.82, 2.24) is 0 Å². The van der Waals surface area contributed by atoms with Crippen molar-refractivity contribution in [3.05, 3.63) is 0 Å². The summed E-state index contributed by atoms with van der Waals surface area (Å²) >= 11 is 6.03. The maximum absolute atomic E-state index is 12.2. The van der Waals surface area contributed by atoms with Gasteiger partial charge < -0.3 is 226 Å². The van der Waals surface area contributed by atoms with Gasteiger partial charge in [0, 0.05) is 82.1 Å². The fourth-order valence-corrected chi connectivity index (χ4v) is 21.5. The van der Waals surface area contributed by atoms with Crippen molar-refractivity contribution < 1.29 is 433 Å². The molecule has 129 heavy (non-hydrogen) atoms. The quantitative estimate of drug-likeness (QED) is 0.0207. The number of aliphatic hydroxyl groups is 15. The summed E-state index contributed by atoms with van der Waals surface area (Å²) in [6.07, 6.45) is -82.7. The summed E-state index contributed by atoms with van der Waals surface area (Å²) < 4.78 is 106. The van der Waals surface area contributed by atoms with Crippen LogP contribution < -0.4 is 243 Å². The summed E-state index contributed by atoms with van der Waals surface area (Å²) in [7, 11) is 0. The molecule has 18 bridgehead atoms. The van der Waals surface area contributed by atoms with E-state index in [4.69, 9.17) is 80.5 Å². The molecule has 0 aliphatic carbocycles. The van der Waals surface area contributed by atoms with Crippen molar-refractivity contribution >= 4 is 124 Å². The molecule has 60 heteroatoms. The Labute approximate surface area is 923 Å². The third-order valence-electron chi connectivity index (χ3n) is 21.0. The molecule has 0 unspecified atom stereocenters. The maximum atomic E-state index is 12.2. The first-order valence-corrected chi connectivity index (χ1v) is 46.8. The predicted molar refractivity (Wildman–Crippen MR) is 397 cm³/mol. The molecule has 31 aliphatic rings. The van der Waals surface area contributed by atoms with Crippen LogP contribution in [0.25, 0.3) is 0 Å². The number of hydrogen-bond donors (Lipinski definition) is 15. The Morgan fingerprint density at radius 2 is 0.349 bits per heavy atom. The molecule has 40 atom stereocenters. The zero-order chi connectivity index (χ0) is 88.7. The van der Waals surface area contributed by atoms with E-state index in [0.717, 1.165) is 82.3 Å². The second kappa shape index (κ2) is 62.4. The molecule has 15 N–H and O–H groups in total. The summed E-state index contributed by atoms with van der Waals surface area (Å²) in [5.41, 5.74) is 0. The number of hydrogen-bond acceptors (Lipinski definition) is 53. The first kappa shape index (κ1) is 128. The molecule has 31 fully saturated rings. The fraction of sp³-hybridized carbons (Fsp3) is 0.899. The smallest absolute Gasteiger partial charge is 0.550 e. The molecule has 31 saturated heterocycles. The van der Waals surface area contributed by atoms with Crippen molar-refractivity contribution in [2.45, 2.75) is 291 Å². The van der Waals surface area contributed by atoms with Gasteiger partial charge in [-0.1, -0.05) is 0 Å². The minimum Gasteiger partial charge on any atom is -0.550 e. The molecule has 0 amide bonds. The molecule has 31 heterocycles. The van der Waals surface area contributed by atoms with Gasteiger partial charge in [0.2, 0.25) is 0 Å². The van der Waals surface area contributed by atoms with Crippen molar-refractivity contribution in [1.29, 1.82) is 0 Å². The molecule has 0 radical (unpaired) electrons. The molecular formula is C69H99Na7O46S7. The van der Waals surface area contributed by atoms with Gasteiger partial charge >= 0.3 is 207 Å². The summed E-state index contributed by atoms with van der Waals surface area (Å²) in [5.74, 6) is -14.4. The number of carbonyl (C=O) groups excluding carboxylic acids is 7. The van der Waals surface area contributed by atoms with Crippen LogP contribution in [0.15, 0.2) is 0 Å². The van der Waals surface area contributed by atoms with Crippen LogP contribution in [0.2, 0.25) is 0 Å². The topological polar surface area (TPSA) is 741 Å². The number of carboxylic acids is 7. The van der Waals surface area contributed by atoms with Crippen molar-refractivity contribution in [2.75, 3.05) is 87.1 Å². The van der Waals surface area contributed by atoms with Crippen molar-refractivity contribution in [3.63, 3.8) is 0 Å². The van der Waals surface area contributed by atoms with E-state index in [1.54, 1.807) is 0 Å². The van der Waals surface area contributed by atoms with Gasteiger partial charge in [-0.15, -0.1) is 0 Å². The van der Waals surface area contributed by atoms with E-state index >= 15 is 0 Å². The Bertz CT molecular complexity index is 3250. The molecule has 0 aromatic carbocycles. The van der Waals surface area contributed by atoms with Gasteiger partial charge in [0.25, 0.3) is 0 Å². The van der Waals surface area contributed by atoms with Crippen LogP contribution in [0.5, 0.6) is 0 Å². The molecule has 46 nitrogen and oxygen atoms in total. The number of thioether (sulfide) groups is 7. The molecule has 0 aromatic rings. The number of ether oxygens (including phenoxy) is 17. The van der Waals surface area contributed by atoms with Crippen LogP contribution in [0.4, 0.5) is 0 Å². The number of aliphatic carboxylic acids is 7. The minimum absolute atomic E-state index is 0. The van der Waals surface area contributed by atoms with Crippen LogP contribution in [0, 0.1) is 0 Å². The van der Waals surface area contributed by atoms with E-state index in [1.165, 1.54) is 0 Å². The summed E-state index contributed by atoms with van der Waals surface area (Å²) in [4.78, 5) is 81.3. The Balaban J connectivity index is 0.00000613. The first-order chi connectivity index (χ1) is 58.0. The normalized spacial score (nSPS) is 41.0. The summed E-state index contributed by atoms with van der Waals surface area (Å²) in [6, 6.07) is 0. The molecule has 31 aliphatic heterocycles. The third kappa shape index (κ3) is 35.9. The average Bonchev–Trinajstić information content (AvgIpc) is 1.70. The molecule has 31 rings (SSSR count). The molecule has 0 spiro atoms. The van der Waals surface area contributed by atoms with E-state index in [-0.39, 0.29) is 270 Å². The second-order valence-corrected chi connectivity index (χ2v) is 37.7. The summed E-state index contributed by atoms with van der Waals surface area (Å²) in [6.45, 7) is -0.401. The minimum atomic E-state index is -2.34. The zero-order valence-corrected chi connectivity index (χ0v) is 91.1. The Kier molecular flexibility index (Phi) is 61.8. The summed E-state index contributed by atoms with van der Waals surface area (Å²) in [5, 5.41) is 263. The maximum Gasteiger partial charge on any atom is 1.00 e. The van der Waals surface area contributed by atoms with Crippen LogP contribution >= 0.6 is 82.3 Å². The van der Waals surface area contributed by atoms with Crippen molar-refractivity contribution in [3.8, 4) is 0 Å². The van der Waals surface area contributed by atoms with E-state index in [0.29, 0.717) is 0 Å². The second-order valence-electron chi connectivity index (χ2n) is 29.7. The van der Waals surface area contributed by atoms with Gasteiger partial charge in [-0.25, -0.2) is 0 Å². The molecule has 700 valence electrons. The Hall–Kier alpha value is 4.46. The zero-order valence-electron chi connectivity index (χ0n) is 71.4. The average molecular weight is 2050 g/mol. The number of aliphatic hydroxyl groups excluding tert-OH is 15. The van der Waals surface area contributed by atoms with Gasteiger partial charge in [0.05, 0.1) is 49.3 Å². The largest absolute Gasteiger partial charge is 1.00 e. The van der Waals surface area contributed by atoms with Crippen molar-refractivity contribution in [2.24, 2.45) is 0 Å². The monoisotopic (exact) mass is 2050 g/mol. The van der Waals surface area contributed by atoms with Gasteiger partial charge in [0.1, 0.15) is 153 Å². The molecule has 0 saturated carbocycles. The van der Waals surface area contributed by atoms with Gasteiger partial charge in [-0.3, -0.25) is 0 Å². The Morgan fingerprint density at radius 3 is 0.504 bits per heavy atom. The van der Waals surface area contributed by atoms with Crippen LogP contribution in [-0.2, 0) is 114 Å².